The van der Waals surface area contributed by atoms with Crippen LogP contribution in [0.5, 0.6) is 0 Å². The summed E-state index contributed by atoms with van der Waals surface area (Å²) in [6, 6.07) is 0. The summed E-state index contributed by atoms with van der Waals surface area (Å²) in [7, 11) is 0. The maximum Gasteiger partial charge on any atom is 0.246 e. The Hall–Kier alpha value is -2.30. The van der Waals surface area contributed by atoms with E-state index in [-0.39, 0.29) is 18.2 Å². The summed E-state index contributed by atoms with van der Waals surface area (Å²) in [5, 5.41) is 13.3. The Morgan fingerprint density at radius 1 is 0.500 bits per heavy atom. The van der Waals surface area contributed by atoms with Gasteiger partial charge in [0.25, 0.3) is 0 Å². The summed E-state index contributed by atoms with van der Waals surface area (Å²) in [5.41, 5.74) is -5.78. The van der Waals surface area contributed by atoms with Crippen LogP contribution in [0.4, 0.5) is 0 Å². The van der Waals surface area contributed by atoms with Crippen LogP contribution in [0.1, 0.15) is 82.6 Å². The van der Waals surface area contributed by atoms with Crippen LogP contribution in [-0.2, 0) is 24.0 Å². The Bertz CT molecular complexity index is 813. The van der Waals surface area contributed by atoms with Crippen LogP contribution >= 0.6 is 12.6 Å². The minimum atomic E-state index is -1.40. The summed E-state index contributed by atoms with van der Waals surface area (Å²) in [5.74, 6) is -2.13. The summed E-state index contributed by atoms with van der Waals surface area (Å²) in [6.45, 7) is 17.6. The molecule has 11 heteroatoms. The van der Waals surface area contributed by atoms with Crippen molar-refractivity contribution in [2.24, 2.45) is 0 Å². The molecule has 5 N–H and O–H groups in total. The molecule has 0 aromatic heterocycles. The molecule has 0 aromatic carbocycles. The average Bonchev–Trinajstić information content (AvgIpc) is 2.58. The van der Waals surface area contributed by atoms with Crippen molar-refractivity contribution < 1.29 is 24.0 Å². The molecule has 0 unspecified atom stereocenters. The van der Waals surface area contributed by atoms with Crippen LogP contribution in [0, 0.1) is 0 Å². The molecule has 0 aliphatic rings. The van der Waals surface area contributed by atoms with Gasteiger partial charge in [0.05, 0.1) is 0 Å². The molecule has 0 aliphatic carbocycles. The predicted octanol–water partition coefficient (Wildman–Crippen LogP) is 0.800. The number of amides is 5. The third-order valence-electron chi connectivity index (χ3n) is 4.83. The fraction of sp³-hybridized carbons (Fsp3) is 0.783. The van der Waals surface area contributed by atoms with Crippen molar-refractivity contribution in [3.05, 3.63) is 0 Å². The lowest BCUT2D eigenvalue weighted by atomic mass is 9.95. The molecule has 0 spiro atoms. The molecule has 0 aliphatic heterocycles. The topological polar surface area (TPSA) is 146 Å². The molecule has 0 rings (SSSR count). The lowest BCUT2D eigenvalue weighted by molar-refractivity contribution is -0.140. The quantitative estimate of drug-likeness (QED) is 0.245. The Morgan fingerprint density at radius 3 is 1.03 bits per heavy atom. The Balaban J connectivity index is 5.32. The van der Waals surface area contributed by atoms with Crippen LogP contribution < -0.4 is 26.6 Å². The fourth-order valence-electron chi connectivity index (χ4n) is 2.56. The monoisotopic (exact) mass is 501 g/mol. The molecule has 5 amide bonds. The van der Waals surface area contributed by atoms with Crippen LogP contribution in [0.2, 0.25) is 0 Å². The van der Waals surface area contributed by atoms with Crippen LogP contribution in [0.15, 0.2) is 0 Å². The van der Waals surface area contributed by atoms with Gasteiger partial charge in [-0.2, -0.15) is 12.6 Å². The van der Waals surface area contributed by atoms with Crippen molar-refractivity contribution >= 4 is 42.2 Å². The summed E-state index contributed by atoms with van der Waals surface area (Å²) in [4.78, 5) is 63.1. The van der Waals surface area contributed by atoms with Crippen LogP contribution in [-0.4, -0.2) is 63.0 Å². The van der Waals surface area contributed by atoms with E-state index in [1.165, 1.54) is 41.5 Å². The van der Waals surface area contributed by atoms with E-state index in [9.17, 15) is 24.0 Å². The van der Waals surface area contributed by atoms with Gasteiger partial charge in [0.1, 0.15) is 22.2 Å². The number of thiol groups is 1. The second-order valence-electron chi connectivity index (χ2n) is 11.6. The van der Waals surface area contributed by atoms with Crippen LogP contribution in [0.25, 0.3) is 0 Å². The third-order valence-corrected chi connectivity index (χ3v) is 5.05. The van der Waals surface area contributed by atoms with Crippen molar-refractivity contribution in [3.8, 4) is 0 Å². The molecule has 196 valence electrons. The molecule has 0 saturated heterocycles. The fourth-order valence-corrected chi connectivity index (χ4v) is 2.76. The Morgan fingerprint density at radius 2 is 0.765 bits per heavy atom. The first-order valence-corrected chi connectivity index (χ1v) is 11.8. The normalized spacial score (nSPS) is 12.9. The van der Waals surface area contributed by atoms with E-state index >= 15 is 0 Å². The number of carbonyl (C=O) groups excluding carboxylic acids is 5. The van der Waals surface area contributed by atoms with Gasteiger partial charge in [-0.25, -0.2) is 0 Å². The molecular formula is C23H43N5O5S. The number of carbonyl (C=O) groups is 5. The van der Waals surface area contributed by atoms with E-state index in [1.54, 1.807) is 13.8 Å². The highest BCUT2D eigenvalue weighted by Gasteiger charge is 2.42. The van der Waals surface area contributed by atoms with Gasteiger partial charge in [-0.15, -0.1) is 0 Å². The van der Waals surface area contributed by atoms with Gasteiger partial charge in [0, 0.05) is 12.0 Å². The van der Waals surface area contributed by atoms with Gasteiger partial charge in [0.15, 0.2) is 0 Å². The van der Waals surface area contributed by atoms with Gasteiger partial charge in [-0.1, -0.05) is 0 Å². The first-order chi connectivity index (χ1) is 15.0. The highest BCUT2D eigenvalue weighted by molar-refractivity contribution is 7.80. The maximum absolute atomic E-state index is 13.0. The number of rotatable bonds is 10. The zero-order chi connectivity index (χ0) is 27.3. The highest BCUT2D eigenvalue weighted by atomic mass is 32.1. The van der Waals surface area contributed by atoms with E-state index in [4.69, 9.17) is 0 Å². The summed E-state index contributed by atoms with van der Waals surface area (Å²) in [6.07, 6.45) is 0.150. The van der Waals surface area contributed by atoms with E-state index in [0.717, 1.165) is 0 Å². The average molecular weight is 502 g/mol. The van der Waals surface area contributed by atoms with E-state index in [2.05, 4.69) is 39.2 Å². The van der Waals surface area contributed by atoms with Crippen molar-refractivity contribution in [3.63, 3.8) is 0 Å². The summed E-state index contributed by atoms with van der Waals surface area (Å²) < 4.78 is 0. The standard InChI is InChI=1S/C23H43N5O5S/c1-19(2,3)25-15(30)21(6,7)27-17(32)23(10,11)28-18(33)22(8,9)26-16(31)20(4,5)24-14(29)12-13-34/h34H,12-13H2,1-11H3,(H,24,29)(H,25,30)(H,26,31)(H,27,32)(H,28,33). The third kappa shape index (κ3) is 9.90. The number of hydrogen-bond donors (Lipinski definition) is 6. The van der Waals surface area contributed by atoms with E-state index in [1.807, 2.05) is 20.8 Å². The Kier molecular flexibility index (Phi) is 10.2. The van der Waals surface area contributed by atoms with Gasteiger partial charge >= 0.3 is 0 Å². The first kappa shape index (κ1) is 31.7. The predicted molar refractivity (Wildman–Crippen MR) is 135 cm³/mol. The SMILES string of the molecule is CC(C)(C)NC(=O)C(C)(C)NC(=O)C(C)(C)NC(=O)C(C)(C)NC(=O)C(C)(C)NC(=O)CCS. The zero-order valence-electron chi connectivity index (χ0n) is 22.4. The van der Waals surface area contributed by atoms with Gasteiger partial charge < -0.3 is 26.6 Å². The van der Waals surface area contributed by atoms with Crippen molar-refractivity contribution in [2.45, 2.75) is 110 Å². The van der Waals surface area contributed by atoms with Crippen molar-refractivity contribution in [2.75, 3.05) is 5.75 Å². The number of nitrogens with one attached hydrogen (secondary N) is 5. The number of hydrogen-bond acceptors (Lipinski definition) is 6. The second kappa shape index (κ2) is 11.0. The maximum atomic E-state index is 13.0. The molecule has 0 radical (unpaired) electrons. The highest BCUT2D eigenvalue weighted by Crippen LogP contribution is 2.14. The first-order valence-electron chi connectivity index (χ1n) is 11.2. The van der Waals surface area contributed by atoms with Gasteiger partial charge in [-0.05, 0) is 81.9 Å². The molecule has 0 saturated carbocycles. The molecule has 0 fully saturated rings. The lowest BCUT2D eigenvalue weighted by Crippen LogP contribution is -2.68. The molecule has 34 heavy (non-hydrogen) atoms. The van der Waals surface area contributed by atoms with Crippen molar-refractivity contribution in [1.82, 2.24) is 26.6 Å². The molecule has 10 nitrogen and oxygen atoms in total. The van der Waals surface area contributed by atoms with Gasteiger partial charge in [0.2, 0.25) is 29.5 Å². The van der Waals surface area contributed by atoms with E-state index in [0.29, 0.717) is 5.75 Å². The Labute approximate surface area is 208 Å². The minimum absolute atomic E-state index is 0.150. The van der Waals surface area contributed by atoms with E-state index < -0.39 is 45.4 Å². The molecule has 0 heterocycles. The summed E-state index contributed by atoms with van der Waals surface area (Å²) >= 11 is 4.00. The minimum Gasteiger partial charge on any atom is -0.349 e. The molecule has 0 bridgehead atoms. The zero-order valence-corrected chi connectivity index (χ0v) is 23.3. The second-order valence-corrected chi connectivity index (χ2v) is 12.0. The van der Waals surface area contributed by atoms with Gasteiger partial charge in [-0.3, -0.25) is 24.0 Å². The largest absolute Gasteiger partial charge is 0.349 e. The van der Waals surface area contributed by atoms with Crippen LogP contribution in [0.3, 0.4) is 0 Å². The van der Waals surface area contributed by atoms with Crippen molar-refractivity contribution in [1.29, 1.82) is 0 Å². The lowest BCUT2D eigenvalue weighted by Gasteiger charge is -2.36. The molecule has 0 atom stereocenters. The molecular weight excluding hydrogens is 458 g/mol. The smallest absolute Gasteiger partial charge is 0.246 e. The molecule has 0 aromatic rings.